The zero-order valence-corrected chi connectivity index (χ0v) is 13.2. The summed E-state index contributed by atoms with van der Waals surface area (Å²) in [5.74, 6) is 1.43. The van der Waals surface area contributed by atoms with Crippen LogP contribution in [0.5, 0.6) is 5.75 Å². The van der Waals surface area contributed by atoms with Crippen LogP contribution in [0.25, 0.3) is 0 Å². The van der Waals surface area contributed by atoms with E-state index in [2.05, 4.69) is 29.2 Å². The van der Waals surface area contributed by atoms with Gasteiger partial charge in [0.1, 0.15) is 12.4 Å². The first kappa shape index (κ1) is 15.8. The van der Waals surface area contributed by atoms with Gasteiger partial charge in [-0.15, -0.1) is 0 Å². The molecule has 0 amide bonds. The molecule has 0 aliphatic carbocycles. The Morgan fingerprint density at radius 2 is 1.91 bits per heavy atom. The molecule has 2 saturated heterocycles. The summed E-state index contributed by atoms with van der Waals surface area (Å²) >= 11 is 0. The van der Waals surface area contributed by atoms with E-state index in [4.69, 9.17) is 9.47 Å². The third-order valence-electron chi connectivity index (χ3n) is 4.75. The van der Waals surface area contributed by atoms with Crippen LogP contribution in [0.3, 0.4) is 0 Å². The van der Waals surface area contributed by atoms with E-state index in [1.54, 1.807) is 0 Å². The lowest BCUT2D eigenvalue weighted by Crippen LogP contribution is -2.34. The molecule has 4 heteroatoms. The van der Waals surface area contributed by atoms with Gasteiger partial charge in [-0.1, -0.05) is 12.1 Å². The lowest BCUT2D eigenvalue weighted by molar-refractivity contribution is 0.0679. The minimum Gasteiger partial charge on any atom is -0.491 e. The van der Waals surface area contributed by atoms with Crippen molar-refractivity contribution >= 4 is 0 Å². The monoisotopic (exact) mass is 305 g/mol. The quantitative estimate of drug-likeness (QED) is 0.876. The van der Waals surface area contributed by atoms with Crippen LogP contribution in [0.2, 0.25) is 0 Å². The van der Waals surface area contributed by atoms with Crippen LogP contribution in [0.4, 0.5) is 0 Å². The molecule has 0 radical (unpaired) electrons. The lowest BCUT2D eigenvalue weighted by atomic mass is 9.97. The van der Waals surface area contributed by atoms with Crippen molar-refractivity contribution in [2.24, 2.45) is 5.92 Å². The van der Waals surface area contributed by atoms with Crippen molar-refractivity contribution in [1.29, 1.82) is 0 Å². The Balaban J connectivity index is 1.43. The Bertz CT molecular complexity index is 434. The van der Waals surface area contributed by atoms with Gasteiger partial charge in [0.2, 0.25) is 0 Å². The van der Waals surface area contributed by atoms with Crippen molar-refractivity contribution in [3.05, 3.63) is 29.8 Å². The van der Waals surface area contributed by atoms with Crippen LogP contribution in [0, 0.1) is 5.92 Å². The van der Waals surface area contributed by atoms with Gasteiger partial charge in [-0.05, 0) is 62.4 Å². The van der Waals surface area contributed by atoms with E-state index in [1.165, 1.54) is 5.56 Å². The summed E-state index contributed by atoms with van der Waals surface area (Å²) in [6.07, 6.45) is 4.76. The van der Waals surface area contributed by atoms with Gasteiger partial charge in [0.05, 0.1) is 6.10 Å². The summed E-state index contributed by atoms with van der Waals surface area (Å²) < 4.78 is 11.4. The second-order valence-electron chi connectivity index (χ2n) is 6.49. The van der Waals surface area contributed by atoms with Crippen molar-refractivity contribution in [2.75, 3.05) is 32.9 Å². The number of likely N-dealkylation sites (tertiary alicyclic amines) is 1. The molecule has 0 spiro atoms. The number of rotatable bonds is 6. The molecule has 1 N–H and O–H groups in total. The predicted octanol–water partition coefficient (Wildman–Crippen LogP) is 2.45. The molecule has 0 bridgehead atoms. The van der Waals surface area contributed by atoms with E-state index in [0.29, 0.717) is 19.1 Å². The largest absolute Gasteiger partial charge is 0.491 e. The standard InChI is InChI=1S/C18H27NO3/c20-13-16-7-9-19(10-8-16)12-15-3-5-17(6-4-15)22-14-18-2-1-11-21-18/h3-6,16,18,20H,1-2,7-14H2. The molecule has 2 aliphatic heterocycles. The summed E-state index contributed by atoms with van der Waals surface area (Å²) in [5, 5.41) is 9.19. The fraction of sp³-hybridized carbons (Fsp3) is 0.667. The van der Waals surface area contributed by atoms with Gasteiger partial charge in [-0.2, -0.15) is 0 Å². The fourth-order valence-corrected chi connectivity index (χ4v) is 3.24. The molecule has 2 aliphatic rings. The van der Waals surface area contributed by atoms with Crippen LogP contribution in [0.1, 0.15) is 31.2 Å². The zero-order chi connectivity index (χ0) is 15.2. The number of piperidine rings is 1. The smallest absolute Gasteiger partial charge is 0.119 e. The Hall–Kier alpha value is -1.10. The van der Waals surface area contributed by atoms with Crippen LogP contribution < -0.4 is 4.74 Å². The van der Waals surface area contributed by atoms with Crippen LogP contribution in [-0.4, -0.2) is 49.0 Å². The van der Waals surface area contributed by atoms with Crippen molar-refractivity contribution in [1.82, 2.24) is 4.90 Å². The second kappa shape index (κ2) is 7.95. The highest BCUT2D eigenvalue weighted by atomic mass is 16.5. The maximum Gasteiger partial charge on any atom is 0.119 e. The van der Waals surface area contributed by atoms with Gasteiger partial charge < -0.3 is 14.6 Å². The topological polar surface area (TPSA) is 41.9 Å². The van der Waals surface area contributed by atoms with Gasteiger partial charge in [-0.25, -0.2) is 0 Å². The van der Waals surface area contributed by atoms with Gasteiger partial charge in [0.25, 0.3) is 0 Å². The third-order valence-corrected chi connectivity index (χ3v) is 4.75. The molecular weight excluding hydrogens is 278 g/mol. The van der Waals surface area contributed by atoms with Crippen molar-refractivity contribution in [3.8, 4) is 5.75 Å². The number of ether oxygens (including phenoxy) is 2. The SMILES string of the molecule is OCC1CCN(Cc2ccc(OCC3CCCO3)cc2)CC1. The van der Waals surface area contributed by atoms with Crippen molar-refractivity contribution in [2.45, 2.75) is 38.3 Å². The Kier molecular flexibility index (Phi) is 5.70. The highest BCUT2D eigenvalue weighted by Gasteiger charge is 2.18. The Labute approximate surface area is 133 Å². The van der Waals surface area contributed by atoms with Crippen LogP contribution >= 0.6 is 0 Å². The number of hydrogen-bond acceptors (Lipinski definition) is 4. The zero-order valence-electron chi connectivity index (χ0n) is 13.2. The molecule has 0 saturated carbocycles. The molecule has 1 aromatic carbocycles. The van der Waals surface area contributed by atoms with E-state index < -0.39 is 0 Å². The fourth-order valence-electron chi connectivity index (χ4n) is 3.24. The highest BCUT2D eigenvalue weighted by Crippen LogP contribution is 2.20. The number of benzene rings is 1. The minimum absolute atomic E-state index is 0.271. The lowest BCUT2D eigenvalue weighted by Gasteiger charge is -2.31. The third kappa shape index (κ3) is 4.45. The van der Waals surface area contributed by atoms with Crippen molar-refractivity contribution < 1.29 is 14.6 Å². The maximum atomic E-state index is 9.19. The first-order chi connectivity index (χ1) is 10.8. The normalized spacial score (nSPS) is 23.8. The molecule has 2 fully saturated rings. The van der Waals surface area contributed by atoms with Crippen LogP contribution in [-0.2, 0) is 11.3 Å². The number of aliphatic hydroxyl groups is 1. The molecule has 1 aromatic rings. The average molecular weight is 305 g/mol. The van der Waals surface area contributed by atoms with Crippen LogP contribution in [0.15, 0.2) is 24.3 Å². The summed E-state index contributed by atoms with van der Waals surface area (Å²) in [7, 11) is 0. The van der Waals surface area contributed by atoms with Gasteiger partial charge in [-0.3, -0.25) is 4.90 Å². The Morgan fingerprint density at radius 1 is 1.14 bits per heavy atom. The summed E-state index contributed by atoms with van der Waals surface area (Å²) in [4.78, 5) is 2.47. The molecule has 1 atom stereocenters. The Morgan fingerprint density at radius 3 is 2.55 bits per heavy atom. The van der Waals surface area contributed by atoms with Gasteiger partial charge in [0.15, 0.2) is 0 Å². The molecule has 0 aromatic heterocycles. The molecule has 1 unspecified atom stereocenters. The molecule has 122 valence electrons. The minimum atomic E-state index is 0.271. The molecule has 3 rings (SSSR count). The molecular formula is C18H27NO3. The van der Waals surface area contributed by atoms with E-state index in [0.717, 1.165) is 57.7 Å². The van der Waals surface area contributed by atoms with Gasteiger partial charge in [0, 0.05) is 19.8 Å². The highest BCUT2D eigenvalue weighted by molar-refractivity contribution is 5.27. The average Bonchev–Trinajstić information content (AvgIpc) is 3.08. The number of nitrogens with zero attached hydrogens (tertiary/aromatic N) is 1. The van der Waals surface area contributed by atoms with E-state index in [1.807, 2.05) is 0 Å². The van der Waals surface area contributed by atoms with E-state index in [9.17, 15) is 5.11 Å². The molecule has 4 nitrogen and oxygen atoms in total. The summed E-state index contributed by atoms with van der Waals surface area (Å²) in [6.45, 7) is 5.04. The first-order valence-electron chi connectivity index (χ1n) is 8.50. The predicted molar refractivity (Wildman–Crippen MR) is 86.0 cm³/mol. The molecule has 2 heterocycles. The van der Waals surface area contributed by atoms with Crippen molar-refractivity contribution in [3.63, 3.8) is 0 Å². The summed E-state index contributed by atoms with van der Waals surface area (Å²) in [5.41, 5.74) is 1.33. The summed E-state index contributed by atoms with van der Waals surface area (Å²) in [6, 6.07) is 8.43. The second-order valence-corrected chi connectivity index (χ2v) is 6.49. The van der Waals surface area contributed by atoms with Gasteiger partial charge >= 0.3 is 0 Å². The maximum absolute atomic E-state index is 9.19. The molecule has 22 heavy (non-hydrogen) atoms. The van der Waals surface area contributed by atoms with E-state index in [-0.39, 0.29) is 6.10 Å². The first-order valence-corrected chi connectivity index (χ1v) is 8.50. The number of hydrogen-bond donors (Lipinski definition) is 1. The number of aliphatic hydroxyl groups excluding tert-OH is 1. The van der Waals surface area contributed by atoms with E-state index >= 15 is 0 Å².